The van der Waals surface area contributed by atoms with Crippen molar-refractivity contribution in [1.82, 2.24) is 0 Å². The van der Waals surface area contributed by atoms with Gasteiger partial charge in [0.05, 0.1) is 0 Å². The van der Waals surface area contributed by atoms with Crippen molar-refractivity contribution >= 4 is 11.4 Å². The van der Waals surface area contributed by atoms with Crippen molar-refractivity contribution in [3.8, 4) is 0 Å². The molecule has 0 saturated carbocycles. The topological polar surface area (TPSA) is 38.0 Å². The molecule has 0 fully saturated rings. The van der Waals surface area contributed by atoms with Crippen LogP contribution in [0.2, 0.25) is 0 Å². The van der Waals surface area contributed by atoms with Crippen LogP contribution < -0.4 is 11.1 Å². The third kappa shape index (κ3) is 3.58. The molecule has 1 unspecified atom stereocenters. The number of nitrogens with two attached hydrogens (primary N) is 1. The highest BCUT2D eigenvalue weighted by atomic mass is 19.1. The van der Waals surface area contributed by atoms with E-state index in [0.717, 1.165) is 12.1 Å². The van der Waals surface area contributed by atoms with E-state index in [4.69, 9.17) is 5.73 Å². The molecule has 0 aliphatic rings. The van der Waals surface area contributed by atoms with E-state index in [1.54, 1.807) is 0 Å². The molecular weight excluding hydrogens is 222 g/mol. The first-order valence-electron chi connectivity index (χ1n) is 5.70. The Morgan fingerprint density at radius 3 is 2.12 bits per heavy atom. The highest BCUT2D eigenvalue weighted by molar-refractivity contribution is 5.54. The molecule has 96 valence electrons. The van der Waals surface area contributed by atoms with Crippen LogP contribution in [0.5, 0.6) is 0 Å². The Balaban J connectivity index is 2.77. The van der Waals surface area contributed by atoms with Crippen LogP contribution >= 0.6 is 0 Å². The quantitative estimate of drug-likeness (QED) is 0.794. The van der Waals surface area contributed by atoms with Crippen LogP contribution in [-0.4, -0.2) is 6.54 Å². The average molecular weight is 242 g/mol. The lowest BCUT2D eigenvalue weighted by molar-refractivity contribution is 0.274. The molecule has 0 heterocycles. The molecule has 0 radical (unpaired) electrons. The number of nitrogens with one attached hydrogen (secondary N) is 1. The highest BCUT2D eigenvalue weighted by Crippen LogP contribution is 2.27. The fraction of sp³-hybridized carbons (Fsp3) is 0.538. The minimum atomic E-state index is -0.649. The third-order valence-corrected chi connectivity index (χ3v) is 3.13. The van der Waals surface area contributed by atoms with E-state index in [0.29, 0.717) is 12.5 Å². The lowest BCUT2D eigenvalue weighted by atomic mass is 9.82. The van der Waals surface area contributed by atoms with E-state index in [1.165, 1.54) is 0 Å². The van der Waals surface area contributed by atoms with Gasteiger partial charge in [-0.2, -0.15) is 0 Å². The van der Waals surface area contributed by atoms with Crippen molar-refractivity contribution in [2.75, 3.05) is 17.6 Å². The summed E-state index contributed by atoms with van der Waals surface area (Å²) in [6.07, 6.45) is 0. The molecule has 1 rings (SSSR count). The smallest absolute Gasteiger partial charge is 0.151 e. The fourth-order valence-corrected chi connectivity index (χ4v) is 1.32. The largest absolute Gasteiger partial charge is 0.399 e. The van der Waals surface area contributed by atoms with Gasteiger partial charge in [0.1, 0.15) is 5.69 Å². The van der Waals surface area contributed by atoms with Crippen LogP contribution in [0.1, 0.15) is 27.7 Å². The Hall–Kier alpha value is -1.32. The predicted octanol–water partition coefficient (Wildman–Crippen LogP) is 3.64. The van der Waals surface area contributed by atoms with E-state index < -0.39 is 11.6 Å². The van der Waals surface area contributed by atoms with Crippen LogP contribution in [0.25, 0.3) is 0 Å². The first kappa shape index (κ1) is 13.7. The fourth-order valence-electron chi connectivity index (χ4n) is 1.32. The number of halogens is 2. The Kier molecular flexibility index (Phi) is 3.96. The van der Waals surface area contributed by atoms with Crippen molar-refractivity contribution < 1.29 is 8.78 Å². The van der Waals surface area contributed by atoms with E-state index in [2.05, 4.69) is 26.1 Å². The summed E-state index contributed by atoms with van der Waals surface area (Å²) in [4.78, 5) is 0. The van der Waals surface area contributed by atoms with E-state index >= 15 is 0 Å². The van der Waals surface area contributed by atoms with Gasteiger partial charge in [-0.25, -0.2) is 8.78 Å². The Morgan fingerprint density at radius 2 is 1.71 bits per heavy atom. The number of hydrogen-bond acceptors (Lipinski definition) is 2. The zero-order valence-electron chi connectivity index (χ0n) is 10.8. The Labute approximate surface area is 101 Å². The maximum atomic E-state index is 13.5. The molecule has 1 atom stereocenters. The molecule has 2 nitrogen and oxygen atoms in total. The van der Waals surface area contributed by atoms with Gasteiger partial charge < -0.3 is 11.1 Å². The highest BCUT2D eigenvalue weighted by Gasteiger charge is 2.20. The maximum Gasteiger partial charge on any atom is 0.151 e. The second kappa shape index (κ2) is 4.90. The number of rotatable bonds is 3. The molecule has 0 spiro atoms. The van der Waals surface area contributed by atoms with Crippen molar-refractivity contribution in [2.24, 2.45) is 11.3 Å². The standard InChI is InChI=1S/C13H20F2N2/c1-8(13(2,3)4)7-17-12-10(14)5-9(16)6-11(12)15/h5-6,8,17H,7,16H2,1-4H3. The number of benzene rings is 1. The minimum absolute atomic E-state index is 0.0910. The summed E-state index contributed by atoms with van der Waals surface area (Å²) in [6, 6.07) is 2.24. The van der Waals surface area contributed by atoms with Crippen molar-refractivity contribution in [3.63, 3.8) is 0 Å². The van der Waals surface area contributed by atoms with E-state index in [9.17, 15) is 8.78 Å². The van der Waals surface area contributed by atoms with Gasteiger partial charge in [0.2, 0.25) is 0 Å². The van der Waals surface area contributed by atoms with Crippen LogP contribution in [0.3, 0.4) is 0 Å². The molecule has 3 N–H and O–H groups in total. The second-order valence-corrected chi connectivity index (χ2v) is 5.51. The Bertz CT molecular complexity index is 374. The average Bonchev–Trinajstić information content (AvgIpc) is 2.13. The van der Waals surface area contributed by atoms with Gasteiger partial charge >= 0.3 is 0 Å². The molecule has 1 aromatic rings. The zero-order chi connectivity index (χ0) is 13.2. The summed E-state index contributed by atoms with van der Waals surface area (Å²) in [7, 11) is 0. The summed E-state index contributed by atoms with van der Waals surface area (Å²) < 4.78 is 27.0. The van der Waals surface area contributed by atoms with Crippen molar-refractivity contribution in [2.45, 2.75) is 27.7 Å². The predicted molar refractivity (Wildman–Crippen MR) is 67.9 cm³/mol. The summed E-state index contributed by atoms with van der Waals surface area (Å²) >= 11 is 0. The molecule has 0 saturated heterocycles. The third-order valence-electron chi connectivity index (χ3n) is 3.13. The lowest BCUT2D eigenvalue weighted by Gasteiger charge is -2.27. The molecule has 1 aromatic carbocycles. The maximum absolute atomic E-state index is 13.5. The molecule has 0 aliphatic heterocycles. The molecule has 17 heavy (non-hydrogen) atoms. The van der Waals surface area contributed by atoms with Gasteiger partial charge in [-0.05, 0) is 23.5 Å². The normalized spacial score (nSPS) is 13.5. The number of anilines is 2. The van der Waals surface area contributed by atoms with Crippen molar-refractivity contribution in [1.29, 1.82) is 0 Å². The lowest BCUT2D eigenvalue weighted by Crippen LogP contribution is -2.25. The monoisotopic (exact) mass is 242 g/mol. The summed E-state index contributed by atoms with van der Waals surface area (Å²) in [5.74, 6) is -1.01. The van der Waals surface area contributed by atoms with E-state index in [1.807, 2.05) is 6.92 Å². The van der Waals surface area contributed by atoms with E-state index in [-0.39, 0.29) is 16.8 Å². The second-order valence-electron chi connectivity index (χ2n) is 5.51. The molecular formula is C13H20F2N2. The Morgan fingerprint density at radius 1 is 1.24 bits per heavy atom. The first-order chi connectivity index (χ1) is 7.71. The number of hydrogen-bond donors (Lipinski definition) is 2. The van der Waals surface area contributed by atoms with Crippen LogP contribution in [0, 0.1) is 23.0 Å². The van der Waals surface area contributed by atoms with Crippen LogP contribution in [0.4, 0.5) is 20.2 Å². The van der Waals surface area contributed by atoms with Crippen molar-refractivity contribution in [3.05, 3.63) is 23.8 Å². The molecule has 0 aromatic heterocycles. The molecule has 0 amide bonds. The van der Waals surface area contributed by atoms with Gasteiger partial charge in [0.15, 0.2) is 11.6 Å². The van der Waals surface area contributed by atoms with Crippen LogP contribution in [0.15, 0.2) is 12.1 Å². The first-order valence-corrected chi connectivity index (χ1v) is 5.70. The molecule has 0 aliphatic carbocycles. The van der Waals surface area contributed by atoms with Gasteiger partial charge in [0, 0.05) is 12.2 Å². The van der Waals surface area contributed by atoms with Gasteiger partial charge in [-0.3, -0.25) is 0 Å². The van der Waals surface area contributed by atoms with Gasteiger partial charge in [-0.1, -0.05) is 27.7 Å². The number of nitrogen functional groups attached to an aromatic ring is 1. The zero-order valence-corrected chi connectivity index (χ0v) is 10.8. The summed E-state index contributed by atoms with van der Waals surface area (Å²) in [5, 5.41) is 2.81. The summed E-state index contributed by atoms with van der Waals surface area (Å²) in [5.41, 5.74) is 5.43. The van der Waals surface area contributed by atoms with Gasteiger partial charge in [-0.15, -0.1) is 0 Å². The minimum Gasteiger partial charge on any atom is -0.399 e. The molecule has 4 heteroatoms. The summed E-state index contributed by atoms with van der Waals surface area (Å²) in [6.45, 7) is 8.83. The SMILES string of the molecule is CC(CNc1c(F)cc(N)cc1F)C(C)(C)C. The van der Waals surface area contributed by atoms with Gasteiger partial charge in [0.25, 0.3) is 0 Å². The molecule has 0 bridgehead atoms. The van der Waals surface area contributed by atoms with Crippen LogP contribution in [-0.2, 0) is 0 Å².